The van der Waals surface area contributed by atoms with Gasteiger partial charge in [-0.1, -0.05) is 0 Å². The van der Waals surface area contributed by atoms with E-state index in [1.807, 2.05) is 13.8 Å². The first kappa shape index (κ1) is 17.2. The van der Waals surface area contributed by atoms with Crippen LogP contribution in [-0.4, -0.2) is 52.0 Å². The summed E-state index contributed by atoms with van der Waals surface area (Å²) in [6, 6.07) is 0. The van der Waals surface area contributed by atoms with Gasteiger partial charge in [0.25, 0.3) is 0 Å². The van der Waals surface area contributed by atoms with Crippen molar-refractivity contribution in [3.8, 4) is 0 Å². The second kappa shape index (κ2) is 7.84. The molecule has 2 N–H and O–H groups in total. The normalized spacial score (nSPS) is 17.9. The molecule has 1 fully saturated rings. The Balaban J connectivity index is 2.44. The van der Waals surface area contributed by atoms with Crippen LogP contribution in [0.5, 0.6) is 0 Å². The van der Waals surface area contributed by atoms with Gasteiger partial charge < -0.3 is 20.1 Å². The van der Waals surface area contributed by atoms with Gasteiger partial charge in [0.15, 0.2) is 5.96 Å². The van der Waals surface area contributed by atoms with E-state index in [0.717, 1.165) is 32.1 Å². The van der Waals surface area contributed by atoms with Crippen molar-refractivity contribution >= 4 is 5.96 Å². The molecule has 0 spiro atoms. The molecule has 5 nitrogen and oxygen atoms in total. The highest BCUT2D eigenvalue weighted by molar-refractivity contribution is 5.79. The first-order valence-corrected chi connectivity index (χ1v) is 7.53. The minimum absolute atomic E-state index is 0.227. The van der Waals surface area contributed by atoms with Crippen molar-refractivity contribution in [2.75, 3.05) is 40.5 Å². The molecule has 0 heterocycles. The van der Waals surface area contributed by atoms with Gasteiger partial charge in [-0.2, -0.15) is 0 Å². The van der Waals surface area contributed by atoms with Gasteiger partial charge in [0, 0.05) is 33.9 Å². The van der Waals surface area contributed by atoms with Crippen LogP contribution in [0.2, 0.25) is 0 Å². The number of nitrogens with zero attached hydrogens (tertiary/aromatic N) is 1. The number of guanidine groups is 1. The zero-order valence-corrected chi connectivity index (χ0v) is 13.7. The number of aliphatic imine (C=N–C) groups is 1. The highest BCUT2D eigenvalue weighted by Crippen LogP contribution is 2.48. The Labute approximate surface area is 123 Å². The highest BCUT2D eigenvalue weighted by Gasteiger charge is 2.41. The van der Waals surface area contributed by atoms with E-state index in [1.54, 1.807) is 14.2 Å². The Hall–Kier alpha value is -0.810. The Morgan fingerprint density at radius 3 is 2.45 bits per heavy atom. The fourth-order valence-electron chi connectivity index (χ4n) is 1.96. The largest absolute Gasteiger partial charge is 0.385 e. The van der Waals surface area contributed by atoms with Crippen LogP contribution < -0.4 is 10.6 Å². The molecule has 20 heavy (non-hydrogen) atoms. The van der Waals surface area contributed by atoms with Crippen LogP contribution in [0.3, 0.4) is 0 Å². The molecule has 0 aromatic carbocycles. The summed E-state index contributed by atoms with van der Waals surface area (Å²) in [4.78, 5) is 4.61. The molecule has 0 saturated heterocycles. The Kier molecular flexibility index (Phi) is 6.76. The van der Waals surface area contributed by atoms with Crippen molar-refractivity contribution < 1.29 is 9.47 Å². The van der Waals surface area contributed by atoms with Crippen LogP contribution in [-0.2, 0) is 9.47 Å². The smallest absolute Gasteiger partial charge is 0.191 e. The Morgan fingerprint density at radius 2 is 1.95 bits per heavy atom. The van der Waals surface area contributed by atoms with Crippen LogP contribution in [0.4, 0.5) is 0 Å². The molecule has 1 rings (SSSR count). The number of methoxy groups -OCH3 is 2. The molecule has 0 bridgehead atoms. The lowest BCUT2D eigenvalue weighted by Crippen LogP contribution is -2.41. The maximum absolute atomic E-state index is 5.40. The zero-order chi connectivity index (χ0) is 15.1. The summed E-state index contributed by atoms with van der Waals surface area (Å²) in [6.07, 6.45) is 3.69. The molecule has 5 heteroatoms. The van der Waals surface area contributed by atoms with Gasteiger partial charge >= 0.3 is 0 Å². The quantitative estimate of drug-likeness (QED) is 0.501. The molecular formula is C15H31N3O2. The van der Waals surface area contributed by atoms with E-state index in [4.69, 9.17) is 9.47 Å². The van der Waals surface area contributed by atoms with Crippen LogP contribution >= 0.6 is 0 Å². The predicted molar refractivity (Wildman–Crippen MR) is 83.2 cm³/mol. The lowest BCUT2D eigenvalue weighted by molar-refractivity contribution is 0.0310. The first-order chi connectivity index (χ1) is 9.47. The minimum atomic E-state index is -0.227. The topological polar surface area (TPSA) is 54.9 Å². The molecule has 0 atom stereocenters. The standard InChI is InChI=1S/C15H31N3O2/c1-6-16-13(17-11-14(2,3)20-5)18-12-15(7-8-15)9-10-19-4/h6-12H2,1-5H3,(H2,16,17,18). The third-order valence-electron chi connectivity index (χ3n) is 3.94. The van der Waals surface area contributed by atoms with E-state index < -0.39 is 0 Å². The first-order valence-electron chi connectivity index (χ1n) is 7.53. The number of rotatable bonds is 9. The van der Waals surface area contributed by atoms with Crippen LogP contribution in [0.25, 0.3) is 0 Å². The average molecular weight is 285 g/mol. The van der Waals surface area contributed by atoms with E-state index in [0.29, 0.717) is 12.0 Å². The average Bonchev–Trinajstić information content (AvgIpc) is 3.20. The highest BCUT2D eigenvalue weighted by atomic mass is 16.5. The lowest BCUT2D eigenvalue weighted by atomic mass is 10.0. The predicted octanol–water partition coefficient (Wildman–Crippen LogP) is 1.78. The lowest BCUT2D eigenvalue weighted by Gasteiger charge is -2.22. The zero-order valence-electron chi connectivity index (χ0n) is 13.7. The van der Waals surface area contributed by atoms with Crippen LogP contribution in [0, 0.1) is 5.41 Å². The summed E-state index contributed by atoms with van der Waals surface area (Å²) in [5.41, 5.74) is 0.193. The number of ether oxygens (including phenoxy) is 2. The van der Waals surface area contributed by atoms with Crippen LogP contribution in [0.15, 0.2) is 4.99 Å². The fourth-order valence-corrected chi connectivity index (χ4v) is 1.96. The fraction of sp³-hybridized carbons (Fsp3) is 0.933. The minimum Gasteiger partial charge on any atom is -0.385 e. The van der Waals surface area contributed by atoms with E-state index in [2.05, 4.69) is 22.5 Å². The van der Waals surface area contributed by atoms with Gasteiger partial charge in [0.05, 0.1) is 12.1 Å². The van der Waals surface area contributed by atoms with Crippen molar-refractivity contribution in [2.24, 2.45) is 10.4 Å². The molecule has 0 unspecified atom stereocenters. The molecule has 118 valence electrons. The van der Waals surface area contributed by atoms with E-state index in [9.17, 15) is 0 Å². The molecule has 0 aromatic rings. The summed E-state index contributed by atoms with van der Waals surface area (Å²) in [5.74, 6) is 0.876. The second-order valence-electron chi connectivity index (χ2n) is 6.26. The van der Waals surface area contributed by atoms with Gasteiger partial charge in [-0.3, -0.25) is 4.99 Å². The third kappa shape index (κ3) is 6.09. The van der Waals surface area contributed by atoms with Crippen molar-refractivity contribution in [1.29, 1.82) is 0 Å². The summed E-state index contributed by atoms with van der Waals surface area (Å²) in [7, 11) is 3.49. The van der Waals surface area contributed by atoms with E-state index in [-0.39, 0.29) is 5.60 Å². The maximum Gasteiger partial charge on any atom is 0.191 e. The number of hydrogen-bond donors (Lipinski definition) is 2. The van der Waals surface area contributed by atoms with Gasteiger partial charge in [-0.15, -0.1) is 0 Å². The SMILES string of the molecule is CCNC(=NCC(C)(C)OC)NCC1(CCOC)CC1. The van der Waals surface area contributed by atoms with Crippen molar-refractivity contribution in [1.82, 2.24) is 10.6 Å². The Morgan fingerprint density at radius 1 is 1.25 bits per heavy atom. The third-order valence-corrected chi connectivity index (χ3v) is 3.94. The monoisotopic (exact) mass is 285 g/mol. The summed E-state index contributed by atoms with van der Waals surface area (Å²) in [6.45, 7) is 9.48. The van der Waals surface area contributed by atoms with Gasteiger partial charge in [0.2, 0.25) is 0 Å². The number of hydrogen-bond acceptors (Lipinski definition) is 3. The van der Waals surface area contributed by atoms with Gasteiger partial charge in [-0.25, -0.2) is 0 Å². The molecule has 0 aliphatic heterocycles. The molecule has 0 radical (unpaired) electrons. The van der Waals surface area contributed by atoms with Crippen molar-refractivity contribution in [3.63, 3.8) is 0 Å². The number of nitrogens with one attached hydrogen (secondary N) is 2. The maximum atomic E-state index is 5.40. The molecule has 0 aromatic heterocycles. The second-order valence-corrected chi connectivity index (χ2v) is 6.26. The van der Waals surface area contributed by atoms with Gasteiger partial charge in [-0.05, 0) is 45.4 Å². The molecular weight excluding hydrogens is 254 g/mol. The van der Waals surface area contributed by atoms with E-state index >= 15 is 0 Å². The summed E-state index contributed by atoms with van der Waals surface area (Å²) < 4.78 is 10.6. The summed E-state index contributed by atoms with van der Waals surface area (Å²) in [5, 5.41) is 6.74. The van der Waals surface area contributed by atoms with Crippen LogP contribution in [0.1, 0.15) is 40.0 Å². The molecule has 0 amide bonds. The van der Waals surface area contributed by atoms with Crippen molar-refractivity contribution in [2.45, 2.75) is 45.6 Å². The summed E-state index contributed by atoms with van der Waals surface area (Å²) >= 11 is 0. The molecule has 1 aliphatic rings. The molecule has 1 aliphatic carbocycles. The van der Waals surface area contributed by atoms with E-state index in [1.165, 1.54) is 12.8 Å². The molecule has 1 saturated carbocycles. The Bertz CT molecular complexity index is 312. The van der Waals surface area contributed by atoms with Crippen molar-refractivity contribution in [3.05, 3.63) is 0 Å². The van der Waals surface area contributed by atoms with Gasteiger partial charge in [0.1, 0.15) is 0 Å².